The zero-order valence-electron chi connectivity index (χ0n) is 23.9. The summed E-state index contributed by atoms with van der Waals surface area (Å²) in [5, 5.41) is 27.9. The number of anilines is 2. The highest BCUT2D eigenvalue weighted by atomic mass is 35.5. The van der Waals surface area contributed by atoms with Gasteiger partial charge in [0.25, 0.3) is 11.8 Å². The highest BCUT2D eigenvalue weighted by Gasteiger charge is 2.55. The zero-order chi connectivity index (χ0) is 32.6. The van der Waals surface area contributed by atoms with E-state index in [0.717, 1.165) is 27.3 Å². The molecule has 0 bridgehead atoms. The van der Waals surface area contributed by atoms with Crippen LogP contribution < -0.4 is 26.7 Å². The number of nitrogens with two attached hydrogens (primary N) is 2. The molecule has 238 valence electrons. The maximum absolute atomic E-state index is 13.3. The third kappa shape index (κ3) is 6.13. The number of halogens is 1. The Morgan fingerprint density at radius 2 is 2.09 bits per heavy atom. The summed E-state index contributed by atoms with van der Waals surface area (Å²) in [5.74, 6) is -3.38. The Morgan fingerprint density at radius 3 is 2.73 bits per heavy atom. The molecule has 0 aromatic carbocycles. The number of hydrogen-bond donors (Lipinski definition) is 6. The van der Waals surface area contributed by atoms with Crippen molar-refractivity contribution in [1.29, 1.82) is 0 Å². The Labute approximate surface area is 268 Å². The Kier molecular flexibility index (Phi) is 9.19. The largest absolute Gasteiger partial charge is 0.478 e. The summed E-state index contributed by atoms with van der Waals surface area (Å²) in [6.07, 6.45) is 0.407. The van der Waals surface area contributed by atoms with E-state index < -0.39 is 47.0 Å². The smallest absolute Gasteiger partial charge is 0.352 e. The second-order valence-electron chi connectivity index (χ2n) is 10.0. The number of oxime groups is 1. The van der Waals surface area contributed by atoms with Crippen LogP contribution >= 0.6 is 34.7 Å². The molecule has 2 aliphatic rings. The number of β-lactam (4-membered cyclic amide) rings is 1. The Morgan fingerprint density at radius 1 is 1.33 bits per heavy atom. The van der Waals surface area contributed by atoms with E-state index in [0.29, 0.717) is 24.5 Å². The van der Waals surface area contributed by atoms with Crippen molar-refractivity contribution in [3.63, 3.8) is 0 Å². The molecule has 1 unspecified atom stereocenters. The number of hydrogen-bond acceptors (Lipinski definition) is 12. The van der Waals surface area contributed by atoms with Crippen molar-refractivity contribution in [2.75, 3.05) is 30.8 Å². The van der Waals surface area contributed by atoms with E-state index in [-0.39, 0.29) is 33.2 Å². The molecule has 5 rings (SSSR count). The maximum atomic E-state index is 13.3. The number of carboxylic acid groups (broad SMARTS) is 2. The van der Waals surface area contributed by atoms with Crippen LogP contribution in [0.4, 0.5) is 10.9 Å². The van der Waals surface area contributed by atoms with Gasteiger partial charge in [-0.1, -0.05) is 28.1 Å². The molecule has 2 amide bonds. The van der Waals surface area contributed by atoms with Crippen LogP contribution in [-0.2, 0) is 37.1 Å². The van der Waals surface area contributed by atoms with Gasteiger partial charge in [0.15, 0.2) is 23.6 Å². The van der Waals surface area contributed by atoms with Gasteiger partial charge in [0.2, 0.25) is 11.6 Å². The lowest BCUT2D eigenvalue weighted by Crippen LogP contribution is -2.71. The van der Waals surface area contributed by atoms with Crippen LogP contribution in [0, 0.1) is 0 Å². The monoisotopic (exact) mass is 678 g/mol. The first-order valence-electron chi connectivity index (χ1n) is 13.4. The molecule has 0 radical (unpaired) electrons. The van der Waals surface area contributed by atoms with E-state index in [4.69, 9.17) is 33.0 Å². The van der Waals surface area contributed by atoms with Crippen LogP contribution in [0.25, 0.3) is 11.0 Å². The first-order chi connectivity index (χ1) is 21.4. The second kappa shape index (κ2) is 12.9. The number of nitrogens with one attached hydrogen (secondary N) is 2. The van der Waals surface area contributed by atoms with Gasteiger partial charge in [-0.15, -0.1) is 11.8 Å². The lowest BCUT2D eigenvalue weighted by atomic mass is 10.0. The van der Waals surface area contributed by atoms with E-state index >= 15 is 0 Å². The minimum atomic E-state index is -1.41. The number of aromatic nitrogens is 3. The number of nitrogen functional groups attached to an aromatic ring is 2. The number of thiazole rings is 1. The number of amides is 2. The van der Waals surface area contributed by atoms with E-state index in [2.05, 4.69) is 20.8 Å². The van der Waals surface area contributed by atoms with Crippen LogP contribution in [0.5, 0.6) is 0 Å². The average molecular weight is 679 g/mol. The van der Waals surface area contributed by atoms with Crippen molar-refractivity contribution < 1.29 is 38.8 Å². The molecule has 1 saturated heterocycles. The fraction of sp³-hybridized carbons (Fsp3) is 0.346. The number of nitrogens with zero attached hydrogens (tertiary/aromatic N) is 5. The van der Waals surface area contributed by atoms with Gasteiger partial charge in [-0.05, 0) is 20.0 Å². The molecule has 3 atom stereocenters. The SMILES string of the molecule is CNCCn1c(N)cc2c1ccc[n+]2CC1=C(C(=O)O)N2C(=O)[C@@H](NC(=O)/C(=N\O[C@@H](C)C(=O)O)c3nc(N)sc3Cl)C2SC1. The van der Waals surface area contributed by atoms with Crippen LogP contribution in [0.2, 0.25) is 4.34 Å². The number of carbonyl (C=O) groups is 4. The topological polar surface area (TPSA) is 231 Å². The van der Waals surface area contributed by atoms with Gasteiger partial charge in [-0.25, -0.2) is 14.6 Å². The van der Waals surface area contributed by atoms with Crippen LogP contribution in [-0.4, -0.2) is 91.0 Å². The molecule has 0 saturated carbocycles. The van der Waals surface area contributed by atoms with Gasteiger partial charge in [0, 0.05) is 30.5 Å². The number of carbonyl (C=O) groups excluding carboxylic acids is 2. The third-order valence-electron chi connectivity index (χ3n) is 7.15. The fourth-order valence-corrected chi connectivity index (χ4v) is 7.22. The number of rotatable bonds is 12. The summed E-state index contributed by atoms with van der Waals surface area (Å²) in [6, 6.07) is 4.49. The number of carboxylic acids is 2. The van der Waals surface area contributed by atoms with E-state index in [9.17, 15) is 24.3 Å². The van der Waals surface area contributed by atoms with Crippen LogP contribution in [0.15, 0.2) is 40.8 Å². The number of thioether (sulfide) groups is 1. The summed E-state index contributed by atoms with van der Waals surface area (Å²) in [5.41, 5.74) is 13.4. The quantitative estimate of drug-likeness (QED) is 0.0646. The molecule has 19 heteroatoms. The van der Waals surface area contributed by atoms with E-state index in [1.807, 2.05) is 40.6 Å². The molecular formula is C26H29ClN9O7S2+. The molecule has 16 nitrogen and oxygen atoms in total. The summed E-state index contributed by atoms with van der Waals surface area (Å²) in [7, 11) is 1.85. The highest BCUT2D eigenvalue weighted by molar-refractivity contribution is 8.00. The predicted molar refractivity (Wildman–Crippen MR) is 166 cm³/mol. The molecule has 0 spiro atoms. The van der Waals surface area contributed by atoms with Crippen molar-refractivity contribution in [3.8, 4) is 0 Å². The Hall–Kier alpha value is -4.39. The summed E-state index contributed by atoms with van der Waals surface area (Å²) >= 11 is 8.32. The van der Waals surface area contributed by atoms with Crippen molar-refractivity contribution in [1.82, 2.24) is 25.1 Å². The number of fused-ring (bicyclic) bond motifs is 2. The lowest BCUT2D eigenvalue weighted by Gasteiger charge is -2.49. The predicted octanol–water partition coefficient (Wildman–Crippen LogP) is 0.0551. The van der Waals surface area contributed by atoms with Crippen molar-refractivity contribution in [2.24, 2.45) is 5.16 Å². The number of aliphatic carboxylic acids is 2. The van der Waals surface area contributed by atoms with Gasteiger partial charge in [0.1, 0.15) is 38.5 Å². The summed E-state index contributed by atoms with van der Waals surface area (Å²) < 4.78 is 3.84. The minimum Gasteiger partial charge on any atom is -0.478 e. The van der Waals surface area contributed by atoms with Crippen molar-refractivity contribution in [2.45, 2.75) is 37.5 Å². The van der Waals surface area contributed by atoms with Crippen LogP contribution in [0.1, 0.15) is 12.6 Å². The first kappa shape index (κ1) is 32.0. The van der Waals surface area contributed by atoms with Gasteiger partial charge in [0.05, 0.1) is 6.07 Å². The molecule has 3 aromatic heterocycles. The maximum Gasteiger partial charge on any atom is 0.352 e. The fourth-order valence-electron chi connectivity index (χ4n) is 4.96. The Balaban J connectivity index is 1.39. The van der Waals surface area contributed by atoms with Gasteiger partial charge in [-0.3, -0.25) is 14.5 Å². The van der Waals surface area contributed by atoms with Gasteiger partial charge >= 0.3 is 11.9 Å². The Bertz CT molecular complexity index is 1770. The number of pyridine rings is 1. The van der Waals surface area contributed by atoms with Gasteiger partial charge in [-0.2, -0.15) is 4.57 Å². The normalized spacial score (nSPS) is 18.9. The first-order valence-corrected chi connectivity index (χ1v) is 15.7. The number of likely N-dealkylation sites (N-methyl/N-ethyl adjacent to an activating group) is 1. The standard InChI is InChI=1S/C26H28ClN9O7S2/c1-11(24(39)40)43-33-17(16-20(27)45-26(29)32-16)21(37)31-18-22(38)36-19(25(41)42)12(10-44-23(18)36)9-34-6-3-4-13-14(34)8-15(28)35(13)7-5-30-2/h3-4,6,8,11,18,23,28,30H,5,7,9-10H2,1-2H3,(H5,29,31,32,37,39,40,41,42)/p+1/b33-17-/t11-,18+,23?/m0/s1. The third-order valence-corrected chi connectivity index (χ3v) is 9.58. The summed E-state index contributed by atoms with van der Waals surface area (Å²) in [4.78, 5) is 60.4. The summed E-state index contributed by atoms with van der Waals surface area (Å²) in [6.45, 7) is 2.74. The molecule has 1 fully saturated rings. The zero-order valence-corrected chi connectivity index (χ0v) is 26.3. The molecule has 8 N–H and O–H groups in total. The van der Waals surface area contributed by atoms with E-state index in [1.165, 1.54) is 18.7 Å². The molecular weight excluding hydrogens is 650 g/mol. The minimum absolute atomic E-state index is 0.00558. The lowest BCUT2D eigenvalue weighted by molar-refractivity contribution is -0.663. The van der Waals surface area contributed by atoms with Gasteiger partial charge < -0.3 is 41.7 Å². The molecule has 45 heavy (non-hydrogen) atoms. The molecule has 2 aliphatic heterocycles. The molecule has 0 aliphatic carbocycles. The average Bonchev–Trinajstić information content (AvgIpc) is 3.51. The van der Waals surface area contributed by atoms with Crippen molar-refractivity contribution in [3.05, 3.63) is 45.7 Å². The highest BCUT2D eigenvalue weighted by Crippen LogP contribution is 2.40. The van der Waals surface area contributed by atoms with Crippen LogP contribution in [0.3, 0.4) is 0 Å². The van der Waals surface area contributed by atoms with E-state index in [1.54, 1.807) is 0 Å². The van der Waals surface area contributed by atoms with Crippen molar-refractivity contribution >= 4 is 86.1 Å². The second-order valence-corrected chi connectivity index (χ2v) is 12.8. The molecule has 5 heterocycles. The molecule has 3 aromatic rings.